The smallest absolute Gasteiger partial charge is 0.231 e. The first-order chi connectivity index (χ1) is 10.1. The van der Waals surface area contributed by atoms with E-state index in [4.69, 9.17) is 9.47 Å². The molecule has 21 heavy (non-hydrogen) atoms. The van der Waals surface area contributed by atoms with Gasteiger partial charge in [-0.15, -0.1) is 0 Å². The van der Waals surface area contributed by atoms with Crippen LogP contribution in [0.25, 0.3) is 0 Å². The number of ether oxygens (including phenoxy) is 2. The Kier molecular flexibility index (Phi) is 3.59. The number of fused-ring (bicyclic) bond motifs is 1. The molecule has 0 saturated carbocycles. The summed E-state index contributed by atoms with van der Waals surface area (Å²) in [6, 6.07) is 6.33. The van der Waals surface area contributed by atoms with Crippen LogP contribution in [0, 0.1) is 13.8 Å². The van der Waals surface area contributed by atoms with Crippen molar-refractivity contribution >= 4 is 0 Å². The number of hydrogen-bond acceptors (Lipinski definition) is 4. The Balaban J connectivity index is 1.70. The Bertz CT molecular complexity index is 664. The van der Waals surface area contributed by atoms with Crippen LogP contribution in [0.1, 0.15) is 35.5 Å². The Morgan fingerprint density at radius 2 is 2.05 bits per heavy atom. The highest BCUT2D eigenvalue weighted by Crippen LogP contribution is 2.34. The van der Waals surface area contributed by atoms with Gasteiger partial charge in [0.15, 0.2) is 11.5 Å². The van der Waals surface area contributed by atoms with E-state index in [2.05, 4.69) is 37.3 Å². The molecule has 3 rings (SSSR count). The van der Waals surface area contributed by atoms with Crippen molar-refractivity contribution < 1.29 is 9.47 Å². The lowest BCUT2D eigenvalue weighted by atomic mass is 10.1. The fourth-order valence-electron chi connectivity index (χ4n) is 2.63. The van der Waals surface area contributed by atoms with E-state index in [1.807, 2.05) is 23.9 Å². The van der Waals surface area contributed by atoms with Crippen molar-refractivity contribution in [1.82, 2.24) is 15.1 Å². The van der Waals surface area contributed by atoms with Crippen molar-refractivity contribution in [1.29, 1.82) is 0 Å². The van der Waals surface area contributed by atoms with Crippen LogP contribution in [-0.4, -0.2) is 16.6 Å². The zero-order valence-corrected chi connectivity index (χ0v) is 12.9. The lowest BCUT2D eigenvalue weighted by molar-refractivity contribution is 0.174. The van der Waals surface area contributed by atoms with E-state index >= 15 is 0 Å². The van der Waals surface area contributed by atoms with Crippen LogP contribution < -0.4 is 14.8 Å². The molecule has 0 bridgehead atoms. The van der Waals surface area contributed by atoms with Crippen molar-refractivity contribution in [3.8, 4) is 11.5 Å². The second-order valence-corrected chi connectivity index (χ2v) is 5.49. The molecule has 1 aliphatic rings. The zero-order chi connectivity index (χ0) is 15.0. The number of aromatic nitrogens is 2. The number of benzene rings is 1. The molecule has 0 fully saturated rings. The maximum atomic E-state index is 5.43. The van der Waals surface area contributed by atoms with Gasteiger partial charge in [-0.3, -0.25) is 4.68 Å². The first-order valence-electron chi connectivity index (χ1n) is 7.18. The summed E-state index contributed by atoms with van der Waals surface area (Å²) >= 11 is 0. The SMILES string of the molecule is Cc1nn(C)c(C)c1CNC(C)c1ccc2c(c1)OCO2. The second-order valence-electron chi connectivity index (χ2n) is 5.49. The van der Waals surface area contributed by atoms with Crippen molar-refractivity contribution in [2.45, 2.75) is 33.4 Å². The minimum Gasteiger partial charge on any atom is -0.454 e. The standard InChI is InChI=1S/C16H21N3O2/c1-10(13-5-6-15-16(7-13)21-9-20-15)17-8-14-11(2)18-19(4)12(14)3/h5-7,10,17H,8-9H2,1-4H3. The van der Waals surface area contributed by atoms with Gasteiger partial charge in [0, 0.05) is 30.9 Å². The number of nitrogens with zero attached hydrogens (tertiary/aromatic N) is 2. The van der Waals surface area contributed by atoms with Gasteiger partial charge in [-0.1, -0.05) is 6.07 Å². The highest BCUT2D eigenvalue weighted by molar-refractivity contribution is 5.45. The summed E-state index contributed by atoms with van der Waals surface area (Å²) in [5.74, 6) is 1.65. The van der Waals surface area contributed by atoms with Gasteiger partial charge in [0.2, 0.25) is 6.79 Å². The maximum Gasteiger partial charge on any atom is 0.231 e. The summed E-state index contributed by atoms with van der Waals surface area (Å²) in [5.41, 5.74) is 4.75. The normalized spacial score (nSPS) is 14.5. The second kappa shape index (κ2) is 5.41. The van der Waals surface area contributed by atoms with E-state index in [0.29, 0.717) is 6.79 Å². The van der Waals surface area contributed by atoms with Crippen molar-refractivity contribution in [2.24, 2.45) is 7.05 Å². The molecule has 0 aliphatic carbocycles. The zero-order valence-electron chi connectivity index (χ0n) is 12.9. The molecule has 5 nitrogen and oxygen atoms in total. The first-order valence-corrected chi connectivity index (χ1v) is 7.18. The molecule has 0 spiro atoms. The van der Waals surface area contributed by atoms with Gasteiger partial charge < -0.3 is 14.8 Å². The molecule has 1 unspecified atom stereocenters. The Morgan fingerprint density at radius 3 is 2.76 bits per heavy atom. The van der Waals surface area contributed by atoms with E-state index in [1.165, 1.54) is 16.8 Å². The molecule has 2 aromatic rings. The van der Waals surface area contributed by atoms with Gasteiger partial charge in [-0.2, -0.15) is 5.10 Å². The molecular weight excluding hydrogens is 266 g/mol. The molecule has 112 valence electrons. The lowest BCUT2D eigenvalue weighted by Crippen LogP contribution is -2.18. The van der Waals surface area contributed by atoms with Crippen molar-refractivity contribution in [3.05, 3.63) is 40.7 Å². The molecule has 1 aliphatic heterocycles. The molecule has 1 aromatic carbocycles. The monoisotopic (exact) mass is 287 g/mol. The Morgan fingerprint density at radius 1 is 1.29 bits per heavy atom. The summed E-state index contributed by atoms with van der Waals surface area (Å²) in [4.78, 5) is 0. The number of rotatable bonds is 4. The van der Waals surface area contributed by atoms with E-state index in [0.717, 1.165) is 23.7 Å². The van der Waals surface area contributed by atoms with Crippen LogP contribution in [0.3, 0.4) is 0 Å². The van der Waals surface area contributed by atoms with Gasteiger partial charge in [-0.25, -0.2) is 0 Å². The molecule has 1 N–H and O–H groups in total. The van der Waals surface area contributed by atoms with Gasteiger partial charge in [-0.05, 0) is 38.5 Å². The molecule has 1 atom stereocenters. The summed E-state index contributed by atoms with van der Waals surface area (Å²) in [6.45, 7) is 7.42. The summed E-state index contributed by atoms with van der Waals surface area (Å²) in [6.07, 6.45) is 0. The van der Waals surface area contributed by atoms with Crippen LogP contribution in [0.4, 0.5) is 0 Å². The predicted octanol–water partition coefficient (Wildman–Crippen LogP) is 2.62. The third kappa shape index (κ3) is 2.61. The highest BCUT2D eigenvalue weighted by atomic mass is 16.7. The van der Waals surface area contributed by atoms with Crippen LogP contribution in [-0.2, 0) is 13.6 Å². The molecule has 0 amide bonds. The van der Waals surface area contributed by atoms with Gasteiger partial charge in [0.05, 0.1) is 5.69 Å². The van der Waals surface area contributed by atoms with Crippen molar-refractivity contribution in [2.75, 3.05) is 6.79 Å². The molecule has 1 aromatic heterocycles. The minimum atomic E-state index is 0.235. The molecule has 0 radical (unpaired) electrons. The fourth-order valence-corrected chi connectivity index (χ4v) is 2.63. The Labute approximate surface area is 124 Å². The fraction of sp³-hybridized carbons (Fsp3) is 0.438. The topological polar surface area (TPSA) is 48.3 Å². The average molecular weight is 287 g/mol. The largest absolute Gasteiger partial charge is 0.454 e. The number of hydrogen-bond donors (Lipinski definition) is 1. The van der Waals surface area contributed by atoms with E-state index in [9.17, 15) is 0 Å². The van der Waals surface area contributed by atoms with E-state index in [1.54, 1.807) is 0 Å². The number of aryl methyl sites for hydroxylation is 2. The number of nitrogens with one attached hydrogen (secondary N) is 1. The predicted molar refractivity (Wildman–Crippen MR) is 80.5 cm³/mol. The van der Waals surface area contributed by atoms with E-state index < -0.39 is 0 Å². The van der Waals surface area contributed by atoms with Gasteiger partial charge in [0.25, 0.3) is 0 Å². The maximum absolute atomic E-state index is 5.43. The third-order valence-electron chi connectivity index (χ3n) is 4.14. The summed E-state index contributed by atoms with van der Waals surface area (Å²) in [7, 11) is 1.98. The quantitative estimate of drug-likeness (QED) is 0.939. The van der Waals surface area contributed by atoms with Crippen molar-refractivity contribution in [3.63, 3.8) is 0 Å². The van der Waals surface area contributed by atoms with Crippen LogP contribution in [0.5, 0.6) is 11.5 Å². The summed E-state index contributed by atoms with van der Waals surface area (Å²) in [5, 5.41) is 8.00. The molecule has 0 saturated heterocycles. The average Bonchev–Trinajstić information content (AvgIpc) is 3.02. The molecular formula is C16H21N3O2. The Hall–Kier alpha value is -2.01. The summed E-state index contributed by atoms with van der Waals surface area (Å²) < 4.78 is 12.7. The van der Waals surface area contributed by atoms with Crippen LogP contribution in [0.15, 0.2) is 18.2 Å². The highest BCUT2D eigenvalue weighted by Gasteiger charge is 2.16. The molecule has 2 heterocycles. The lowest BCUT2D eigenvalue weighted by Gasteiger charge is -2.15. The van der Waals surface area contributed by atoms with Crippen LogP contribution in [0.2, 0.25) is 0 Å². The van der Waals surface area contributed by atoms with Gasteiger partial charge in [0.1, 0.15) is 0 Å². The third-order valence-corrected chi connectivity index (χ3v) is 4.14. The van der Waals surface area contributed by atoms with Gasteiger partial charge >= 0.3 is 0 Å². The first kappa shape index (κ1) is 13.9. The molecule has 5 heteroatoms. The van der Waals surface area contributed by atoms with E-state index in [-0.39, 0.29) is 6.04 Å². The van der Waals surface area contributed by atoms with Crippen LogP contribution >= 0.6 is 0 Å². The minimum absolute atomic E-state index is 0.235.